The molecule has 1 amide bonds. The molecular formula is C17H15N5O7S. The number of aromatic nitrogens is 3. The molecule has 0 spiro atoms. The second-order valence-electron chi connectivity index (χ2n) is 6.50. The van der Waals surface area contributed by atoms with Gasteiger partial charge in [0, 0.05) is 38.0 Å². The van der Waals surface area contributed by atoms with Crippen LogP contribution in [-0.2, 0) is 23.9 Å². The molecule has 1 aromatic carbocycles. The minimum absolute atomic E-state index is 0.0632. The van der Waals surface area contributed by atoms with Crippen molar-refractivity contribution in [1.82, 2.24) is 14.1 Å². The first-order chi connectivity index (χ1) is 13.9. The van der Waals surface area contributed by atoms with Crippen LogP contribution in [0.25, 0.3) is 11.0 Å². The van der Waals surface area contributed by atoms with Crippen molar-refractivity contribution >= 4 is 38.2 Å². The molecular weight excluding hydrogens is 418 g/mol. The van der Waals surface area contributed by atoms with Gasteiger partial charge in [-0.1, -0.05) is 0 Å². The Morgan fingerprint density at radius 1 is 1.13 bits per heavy atom. The molecule has 0 saturated heterocycles. The monoisotopic (exact) mass is 433 g/mol. The third kappa shape index (κ3) is 3.69. The van der Waals surface area contributed by atoms with Crippen molar-refractivity contribution in [3.63, 3.8) is 0 Å². The van der Waals surface area contributed by atoms with E-state index in [1.165, 1.54) is 30.9 Å². The summed E-state index contributed by atoms with van der Waals surface area (Å²) < 4.78 is 25.6. The first kappa shape index (κ1) is 20.9. The third-order valence-electron chi connectivity index (χ3n) is 4.34. The maximum Gasteiger partial charge on any atom is 0.332 e. The quantitative estimate of drug-likeness (QED) is 0.450. The summed E-state index contributed by atoms with van der Waals surface area (Å²) in [5.41, 5.74) is -1.83. The number of nitro benzene ring substituents is 1. The van der Waals surface area contributed by atoms with E-state index in [0.717, 1.165) is 29.0 Å². The van der Waals surface area contributed by atoms with Crippen LogP contribution in [0.3, 0.4) is 0 Å². The summed E-state index contributed by atoms with van der Waals surface area (Å²) in [6.07, 6.45) is 2.06. The summed E-state index contributed by atoms with van der Waals surface area (Å²) >= 11 is 0. The Kier molecular flexibility index (Phi) is 4.99. The fraction of sp³-hybridized carbons (Fsp3) is 0.176. The summed E-state index contributed by atoms with van der Waals surface area (Å²) in [5.74, 6) is -0.841. The lowest BCUT2D eigenvalue weighted by molar-refractivity contribution is -0.385. The second kappa shape index (κ2) is 7.18. The number of hydrogen-bond acceptors (Lipinski definition) is 8. The molecule has 3 rings (SSSR count). The van der Waals surface area contributed by atoms with Gasteiger partial charge >= 0.3 is 5.69 Å². The van der Waals surface area contributed by atoms with Crippen LogP contribution < -0.4 is 16.6 Å². The number of pyridine rings is 1. The first-order valence-corrected chi connectivity index (χ1v) is 10.2. The van der Waals surface area contributed by atoms with Crippen LogP contribution in [-0.4, -0.2) is 39.6 Å². The minimum atomic E-state index is -3.81. The number of carbonyl (C=O) groups excluding carboxylic acids is 1. The Bertz CT molecular complexity index is 1450. The van der Waals surface area contributed by atoms with Crippen LogP contribution in [0.5, 0.6) is 0 Å². The van der Waals surface area contributed by atoms with Gasteiger partial charge in [0.2, 0.25) is 0 Å². The number of fused-ring (bicyclic) bond motifs is 1. The number of rotatable bonds is 4. The van der Waals surface area contributed by atoms with E-state index in [9.17, 15) is 32.9 Å². The van der Waals surface area contributed by atoms with Crippen molar-refractivity contribution in [3.8, 4) is 0 Å². The summed E-state index contributed by atoms with van der Waals surface area (Å²) in [4.78, 5) is 50.8. The van der Waals surface area contributed by atoms with Gasteiger partial charge in [-0.3, -0.25) is 28.8 Å². The van der Waals surface area contributed by atoms with Crippen molar-refractivity contribution in [3.05, 3.63) is 67.0 Å². The number of anilines is 1. The van der Waals surface area contributed by atoms with Gasteiger partial charge in [0.05, 0.1) is 27.1 Å². The van der Waals surface area contributed by atoms with Gasteiger partial charge in [-0.25, -0.2) is 18.2 Å². The molecule has 30 heavy (non-hydrogen) atoms. The number of nitro groups is 1. The highest BCUT2D eigenvalue weighted by molar-refractivity contribution is 7.90. The molecule has 0 aliphatic rings. The number of non-ortho nitro benzene ring substituents is 1. The molecule has 0 aliphatic carbocycles. The average Bonchev–Trinajstić information content (AvgIpc) is 2.69. The summed E-state index contributed by atoms with van der Waals surface area (Å²) in [5, 5.41) is 13.6. The van der Waals surface area contributed by atoms with Crippen molar-refractivity contribution in [2.45, 2.75) is 4.90 Å². The predicted molar refractivity (Wildman–Crippen MR) is 106 cm³/mol. The predicted octanol–water partition coefficient (Wildman–Crippen LogP) is 0.196. The highest BCUT2D eigenvalue weighted by Gasteiger charge is 2.20. The lowest BCUT2D eigenvalue weighted by Gasteiger charge is -2.10. The molecule has 0 atom stereocenters. The van der Waals surface area contributed by atoms with E-state index < -0.39 is 37.6 Å². The number of aryl methyl sites for hydroxylation is 1. The molecule has 2 aromatic heterocycles. The molecule has 0 radical (unpaired) electrons. The highest BCUT2D eigenvalue weighted by atomic mass is 32.2. The third-order valence-corrected chi connectivity index (χ3v) is 5.44. The van der Waals surface area contributed by atoms with E-state index >= 15 is 0 Å². The molecule has 12 nitrogen and oxygen atoms in total. The van der Waals surface area contributed by atoms with E-state index in [4.69, 9.17) is 0 Å². The van der Waals surface area contributed by atoms with Crippen molar-refractivity contribution < 1.29 is 18.1 Å². The fourth-order valence-electron chi connectivity index (χ4n) is 2.77. The van der Waals surface area contributed by atoms with E-state index in [2.05, 4.69) is 10.3 Å². The maximum absolute atomic E-state index is 12.6. The fourth-order valence-corrected chi connectivity index (χ4v) is 3.45. The molecule has 13 heteroatoms. The van der Waals surface area contributed by atoms with Gasteiger partial charge in [-0.2, -0.15) is 0 Å². The smallest absolute Gasteiger partial charge is 0.321 e. The summed E-state index contributed by atoms with van der Waals surface area (Å²) in [7, 11) is -1.08. The zero-order valence-corrected chi connectivity index (χ0v) is 16.8. The van der Waals surface area contributed by atoms with Crippen molar-refractivity contribution in [2.24, 2.45) is 14.1 Å². The Morgan fingerprint density at radius 2 is 1.80 bits per heavy atom. The number of benzene rings is 1. The number of nitrogens with one attached hydrogen (secondary N) is 1. The standard InChI is InChI=1S/C17H15N5O7S/c1-20-14-13(16(24)21(2)17(20)25)6-10(8-18-14)19-15(23)9-4-11(22(26)27)7-12(5-9)30(3,28)29/h4-8H,1-3H3,(H,19,23). The summed E-state index contributed by atoms with van der Waals surface area (Å²) in [6, 6.07) is 4.10. The van der Waals surface area contributed by atoms with E-state index in [0.29, 0.717) is 0 Å². The highest BCUT2D eigenvalue weighted by Crippen LogP contribution is 2.22. The Balaban J connectivity index is 2.07. The van der Waals surface area contributed by atoms with Crippen LogP contribution in [0.15, 0.2) is 44.9 Å². The largest absolute Gasteiger partial charge is 0.332 e. The maximum atomic E-state index is 12.6. The zero-order chi connectivity index (χ0) is 22.4. The van der Waals surface area contributed by atoms with Gasteiger partial charge in [0.25, 0.3) is 17.2 Å². The average molecular weight is 433 g/mol. The van der Waals surface area contributed by atoms with Crippen LogP contribution >= 0.6 is 0 Å². The Hall–Kier alpha value is -3.87. The Morgan fingerprint density at radius 3 is 2.40 bits per heavy atom. The SMILES string of the molecule is Cn1c(=O)c2cc(NC(=O)c3cc([N+](=O)[O-])cc(S(C)(=O)=O)c3)cnc2n(C)c1=O. The van der Waals surface area contributed by atoms with Crippen molar-refractivity contribution in [2.75, 3.05) is 11.6 Å². The van der Waals surface area contributed by atoms with E-state index in [-0.39, 0.29) is 27.2 Å². The summed E-state index contributed by atoms with van der Waals surface area (Å²) in [6.45, 7) is 0. The molecule has 1 N–H and O–H groups in total. The van der Waals surface area contributed by atoms with Gasteiger partial charge in [-0.15, -0.1) is 0 Å². The van der Waals surface area contributed by atoms with Gasteiger partial charge in [0.1, 0.15) is 5.65 Å². The minimum Gasteiger partial charge on any atom is -0.321 e. The Labute approximate surface area is 168 Å². The first-order valence-electron chi connectivity index (χ1n) is 8.27. The molecule has 0 saturated carbocycles. The lowest BCUT2D eigenvalue weighted by Crippen LogP contribution is -2.37. The normalized spacial score (nSPS) is 11.4. The van der Waals surface area contributed by atoms with Gasteiger partial charge in [0.15, 0.2) is 9.84 Å². The van der Waals surface area contributed by atoms with Crippen molar-refractivity contribution in [1.29, 1.82) is 0 Å². The number of hydrogen-bond donors (Lipinski definition) is 1. The van der Waals surface area contributed by atoms with Crippen LogP contribution in [0, 0.1) is 10.1 Å². The van der Waals surface area contributed by atoms with Crippen LogP contribution in [0.4, 0.5) is 11.4 Å². The number of amides is 1. The van der Waals surface area contributed by atoms with Crippen LogP contribution in [0.2, 0.25) is 0 Å². The topological polar surface area (TPSA) is 163 Å². The zero-order valence-electron chi connectivity index (χ0n) is 15.9. The van der Waals surface area contributed by atoms with E-state index in [1.807, 2.05) is 0 Å². The molecule has 0 bridgehead atoms. The number of nitrogens with zero attached hydrogens (tertiary/aromatic N) is 4. The van der Waals surface area contributed by atoms with Crippen LogP contribution in [0.1, 0.15) is 10.4 Å². The molecule has 0 unspecified atom stereocenters. The van der Waals surface area contributed by atoms with E-state index in [1.54, 1.807) is 0 Å². The molecule has 3 aromatic rings. The van der Waals surface area contributed by atoms with Gasteiger partial charge < -0.3 is 5.32 Å². The molecule has 2 heterocycles. The second-order valence-corrected chi connectivity index (χ2v) is 8.52. The molecule has 0 fully saturated rings. The number of carbonyl (C=O) groups is 1. The van der Waals surface area contributed by atoms with Gasteiger partial charge in [-0.05, 0) is 12.1 Å². The molecule has 0 aliphatic heterocycles. The lowest BCUT2D eigenvalue weighted by atomic mass is 10.2. The molecule has 156 valence electrons. The number of sulfone groups is 1.